The molecule has 0 amide bonds. The molecule has 0 saturated heterocycles. The van der Waals surface area contributed by atoms with E-state index in [1.54, 1.807) is 0 Å². The van der Waals surface area contributed by atoms with Gasteiger partial charge in [0.1, 0.15) is 10.9 Å². The number of esters is 1. The van der Waals surface area contributed by atoms with Crippen molar-refractivity contribution in [1.29, 1.82) is 0 Å². The summed E-state index contributed by atoms with van der Waals surface area (Å²) in [5.41, 5.74) is 0. The number of carbonyl (C=O) groups excluding carboxylic acids is 1. The van der Waals surface area contributed by atoms with E-state index in [-0.39, 0.29) is 14.9 Å². The predicted octanol–water partition coefficient (Wildman–Crippen LogP) is 2.60. The number of nitrogens with one attached hydrogen (secondary N) is 1. The Hall–Kier alpha value is -0.340. The molecule has 19 heavy (non-hydrogen) atoms. The molecule has 0 radical (unpaired) electrons. The average molecular weight is 391 g/mol. The highest BCUT2D eigenvalue weighted by Gasteiger charge is 2.27. The lowest BCUT2D eigenvalue weighted by Gasteiger charge is -2.14. The Morgan fingerprint density at radius 2 is 1.84 bits per heavy atom. The van der Waals surface area contributed by atoms with Gasteiger partial charge in [-0.15, -0.1) is 0 Å². The number of hydrogen-bond acceptors (Lipinski definition) is 4. The lowest BCUT2D eigenvalue weighted by Crippen LogP contribution is -2.39. The highest BCUT2D eigenvalue weighted by Crippen LogP contribution is 2.32. The number of hydrogen-bond donors (Lipinski definition) is 1. The van der Waals surface area contributed by atoms with Crippen LogP contribution in [-0.2, 0) is 19.6 Å². The predicted molar refractivity (Wildman–Crippen MR) is 76.0 cm³/mol. The molecule has 0 bridgehead atoms. The molecule has 5 nitrogen and oxygen atoms in total. The van der Waals surface area contributed by atoms with Crippen LogP contribution in [0.4, 0.5) is 0 Å². The fourth-order valence-corrected chi connectivity index (χ4v) is 4.43. The molecule has 1 atom stereocenters. The summed E-state index contributed by atoms with van der Waals surface area (Å²) in [7, 11) is -2.87. The van der Waals surface area contributed by atoms with Gasteiger partial charge in [-0.05, 0) is 19.1 Å². The first-order valence-corrected chi connectivity index (χ1v) is 7.97. The molecule has 0 aliphatic heterocycles. The minimum atomic E-state index is -4.03. The zero-order valence-corrected chi connectivity index (χ0v) is 13.8. The van der Waals surface area contributed by atoms with E-state index >= 15 is 0 Å². The van der Waals surface area contributed by atoms with Crippen molar-refractivity contribution in [1.82, 2.24) is 4.72 Å². The van der Waals surface area contributed by atoms with Gasteiger partial charge in [0, 0.05) is 4.47 Å². The Labute approximate surface area is 129 Å². The Balaban J connectivity index is 3.18. The Bertz CT molecular complexity index is 583. The molecule has 0 saturated carbocycles. The average Bonchev–Trinajstić information content (AvgIpc) is 2.24. The van der Waals surface area contributed by atoms with Crippen LogP contribution in [0, 0.1) is 0 Å². The van der Waals surface area contributed by atoms with Gasteiger partial charge >= 0.3 is 5.97 Å². The number of carbonyl (C=O) groups is 1. The van der Waals surface area contributed by atoms with E-state index in [0.29, 0.717) is 4.47 Å². The van der Waals surface area contributed by atoms with Crippen LogP contribution in [-0.4, -0.2) is 27.5 Å². The maximum absolute atomic E-state index is 12.1. The molecule has 0 aliphatic carbocycles. The standard InChI is InChI=1S/C10H10BrCl2NO4S/c1-5(10(15)18-2)14-19(16,17)9-7(12)3-6(11)4-8(9)13/h3-5,14H,1-2H3/t5-/m1/s1. The second-order valence-electron chi connectivity index (χ2n) is 3.56. The van der Waals surface area contributed by atoms with Gasteiger partial charge in [0.05, 0.1) is 17.2 Å². The van der Waals surface area contributed by atoms with Crippen molar-refractivity contribution in [3.8, 4) is 0 Å². The third-order valence-electron chi connectivity index (χ3n) is 2.12. The SMILES string of the molecule is COC(=O)[C@@H](C)NS(=O)(=O)c1c(Cl)cc(Br)cc1Cl. The summed E-state index contributed by atoms with van der Waals surface area (Å²) in [4.78, 5) is 10.9. The van der Waals surface area contributed by atoms with Crippen LogP contribution >= 0.6 is 39.1 Å². The first-order valence-electron chi connectivity index (χ1n) is 4.93. The number of sulfonamides is 1. The molecule has 0 aromatic heterocycles. The zero-order valence-electron chi connectivity index (χ0n) is 9.91. The Morgan fingerprint density at radius 3 is 2.26 bits per heavy atom. The van der Waals surface area contributed by atoms with Crippen LogP contribution in [0.3, 0.4) is 0 Å². The van der Waals surface area contributed by atoms with Crippen molar-refractivity contribution < 1.29 is 17.9 Å². The second kappa shape index (κ2) is 6.41. The van der Waals surface area contributed by atoms with Crippen LogP contribution in [0.15, 0.2) is 21.5 Å². The summed E-state index contributed by atoms with van der Waals surface area (Å²) >= 11 is 14.9. The zero-order chi connectivity index (χ0) is 14.8. The number of rotatable bonds is 4. The van der Waals surface area contributed by atoms with Gasteiger partial charge < -0.3 is 4.74 Å². The third-order valence-corrected chi connectivity index (χ3v) is 5.04. The summed E-state index contributed by atoms with van der Waals surface area (Å²) < 4.78 is 31.3. The summed E-state index contributed by atoms with van der Waals surface area (Å²) in [6.45, 7) is 1.35. The highest BCUT2D eigenvalue weighted by atomic mass is 79.9. The first kappa shape index (κ1) is 16.7. The fourth-order valence-electron chi connectivity index (χ4n) is 1.30. The number of ether oxygens (including phenoxy) is 1. The summed E-state index contributed by atoms with van der Waals surface area (Å²) in [5.74, 6) is -0.715. The van der Waals surface area contributed by atoms with Gasteiger partial charge in [-0.1, -0.05) is 39.1 Å². The molecular weight excluding hydrogens is 381 g/mol. The topological polar surface area (TPSA) is 72.5 Å². The molecule has 1 N–H and O–H groups in total. The maximum Gasteiger partial charge on any atom is 0.323 e. The van der Waals surface area contributed by atoms with Crippen LogP contribution in [0.1, 0.15) is 6.92 Å². The van der Waals surface area contributed by atoms with Crippen molar-refractivity contribution in [3.05, 3.63) is 26.7 Å². The minimum absolute atomic E-state index is 0.0519. The van der Waals surface area contributed by atoms with Crippen molar-refractivity contribution in [2.45, 2.75) is 17.9 Å². The summed E-state index contributed by atoms with van der Waals surface area (Å²) in [5, 5.41) is -0.104. The monoisotopic (exact) mass is 389 g/mol. The van der Waals surface area contributed by atoms with Crippen molar-refractivity contribution in [2.24, 2.45) is 0 Å². The smallest absolute Gasteiger partial charge is 0.323 e. The molecule has 0 fully saturated rings. The van der Waals surface area contributed by atoms with E-state index in [1.807, 2.05) is 0 Å². The molecule has 1 rings (SSSR count). The highest BCUT2D eigenvalue weighted by molar-refractivity contribution is 9.10. The molecule has 0 heterocycles. The largest absolute Gasteiger partial charge is 0.468 e. The summed E-state index contributed by atoms with van der Waals surface area (Å²) in [6, 6.07) is 1.74. The van der Waals surface area contributed by atoms with Crippen LogP contribution in [0.25, 0.3) is 0 Å². The molecule has 1 aromatic rings. The van der Waals surface area contributed by atoms with E-state index in [0.717, 1.165) is 7.11 Å². The molecule has 0 spiro atoms. The second-order valence-corrected chi connectivity index (χ2v) is 6.95. The number of methoxy groups -OCH3 is 1. The van der Waals surface area contributed by atoms with E-state index < -0.39 is 22.0 Å². The van der Waals surface area contributed by atoms with E-state index in [1.165, 1.54) is 19.1 Å². The quantitative estimate of drug-likeness (QED) is 0.802. The van der Waals surface area contributed by atoms with Crippen molar-refractivity contribution in [3.63, 3.8) is 0 Å². The maximum atomic E-state index is 12.1. The van der Waals surface area contributed by atoms with Crippen molar-refractivity contribution >= 4 is 55.1 Å². The fraction of sp³-hybridized carbons (Fsp3) is 0.300. The minimum Gasteiger partial charge on any atom is -0.468 e. The van der Waals surface area contributed by atoms with Crippen LogP contribution in [0.5, 0.6) is 0 Å². The third kappa shape index (κ3) is 4.06. The van der Waals surface area contributed by atoms with Crippen LogP contribution < -0.4 is 4.72 Å². The van der Waals surface area contributed by atoms with Gasteiger partial charge in [-0.25, -0.2) is 8.42 Å². The van der Waals surface area contributed by atoms with Gasteiger partial charge in [-0.2, -0.15) is 4.72 Å². The lowest BCUT2D eigenvalue weighted by molar-refractivity contribution is -0.142. The first-order chi connectivity index (χ1) is 8.69. The van der Waals surface area contributed by atoms with Gasteiger partial charge in [0.15, 0.2) is 0 Å². The van der Waals surface area contributed by atoms with Crippen molar-refractivity contribution in [2.75, 3.05) is 7.11 Å². The normalized spacial score (nSPS) is 13.1. The van der Waals surface area contributed by atoms with Gasteiger partial charge in [0.2, 0.25) is 10.0 Å². The number of halogens is 3. The Morgan fingerprint density at radius 1 is 1.37 bits per heavy atom. The molecule has 9 heteroatoms. The molecule has 106 valence electrons. The lowest BCUT2D eigenvalue weighted by atomic mass is 10.4. The molecule has 0 unspecified atom stereocenters. The van der Waals surface area contributed by atoms with Gasteiger partial charge in [0.25, 0.3) is 0 Å². The molecule has 1 aromatic carbocycles. The van der Waals surface area contributed by atoms with Gasteiger partial charge in [-0.3, -0.25) is 4.79 Å². The van der Waals surface area contributed by atoms with Crippen LogP contribution in [0.2, 0.25) is 10.0 Å². The molecular formula is C10H10BrCl2NO4S. The summed E-state index contributed by atoms with van der Waals surface area (Å²) in [6.07, 6.45) is 0. The Kier molecular flexibility index (Phi) is 5.64. The molecule has 0 aliphatic rings. The van der Waals surface area contributed by atoms with E-state index in [2.05, 4.69) is 25.4 Å². The van der Waals surface area contributed by atoms with E-state index in [9.17, 15) is 13.2 Å². The number of benzene rings is 1. The van der Waals surface area contributed by atoms with E-state index in [4.69, 9.17) is 23.2 Å².